The number of pyridine rings is 1. The van der Waals surface area contributed by atoms with Gasteiger partial charge in [-0.05, 0) is 31.5 Å². The van der Waals surface area contributed by atoms with E-state index in [1.54, 1.807) is 28.9 Å². The average Bonchev–Trinajstić information content (AvgIpc) is 3.42. The van der Waals surface area contributed by atoms with Gasteiger partial charge in [-0.25, -0.2) is 4.98 Å². The molecule has 1 amide bonds. The van der Waals surface area contributed by atoms with Crippen LogP contribution in [0.1, 0.15) is 40.3 Å². The van der Waals surface area contributed by atoms with Crippen molar-refractivity contribution in [3.05, 3.63) is 53.1 Å². The number of nitrogens with zero attached hydrogens (tertiary/aromatic N) is 7. The number of halogens is 3. The van der Waals surface area contributed by atoms with E-state index in [0.29, 0.717) is 35.6 Å². The Morgan fingerprint density at radius 1 is 1.12 bits per heavy atom. The quantitative estimate of drug-likeness (QED) is 0.462. The molecule has 0 unspecified atom stereocenters. The number of amides is 1. The van der Waals surface area contributed by atoms with Crippen LogP contribution < -0.4 is 0 Å². The number of aryl methyl sites for hydroxylation is 3. The van der Waals surface area contributed by atoms with Gasteiger partial charge in [0.25, 0.3) is 5.91 Å². The zero-order chi connectivity index (χ0) is 23.7. The van der Waals surface area contributed by atoms with E-state index in [1.807, 2.05) is 30.8 Å². The van der Waals surface area contributed by atoms with Crippen LogP contribution in [0.3, 0.4) is 0 Å². The lowest BCUT2D eigenvalue weighted by Gasteiger charge is -2.33. The Hall–Kier alpha value is -3.63. The van der Waals surface area contributed by atoms with Crippen molar-refractivity contribution in [2.24, 2.45) is 21.1 Å². The molecular weight excluding hydrogens is 435 g/mol. The molecule has 1 aliphatic heterocycles. The van der Waals surface area contributed by atoms with E-state index < -0.39 is 11.9 Å². The van der Waals surface area contributed by atoms with Gasteiger partial charge in [0.05, 0.1) is 28.7 Å². The topological polar surface area (TPSA) is 73.8 Å². The number of carbonyl (C=O) groups is 1. The van der Waals surface area contributed by atoms with Gasteiger partial charge in [0.1, 0.15) is 5.65 Å². The van der Waals surface area contributed by atoms with E-state index in [4.69, 9.17) is 0 Å². The number of alkyl halides is 3. The van der Waals surface area contributed by atoms with Crippen molar-refractivity contribution in [1.82, 2.24) is 34.0 Å². The molecule has 8 nitrogen and oxygen atoms in total. The highest BCUT2D eigenvalue weighted by atomic mass is 19.4. The molecule has 0 fully saturated rings. The standard InChI is InChI=1S/C22H22F3N7O/c1-12-18-15(19(31(4)28-18)16-11-17(22(23,24)25)27-30(16)3)7-10-32(12)21(33)14-5-8-26-20-13(14)6-9-29(20)2/h5-6,8-9,11-12H,7,10H2,1-4H3/t12-/m0/s1. The fraction of sp³-hybridized carbons (Fsp3) is 0.364. The Bertz CT molecular complexity index is 1400. The minimum atomic E-state index is -4.53. The highest BCUT2D eigenvalue weighted by molar-refractivity contribution is 6.05. The van der Waals surface area contributed by atoms with Crippen LogP contribution in [0.2, 0.25) is 0 Å². The third-order valence-corrected chi connectivity index (χ3v) is 6.31. The van der Waals surface area contributed by atoms with E-state index in [9.17, 15) is 18.0 Å². The van der Waals surface area contributed by atoms with Crippen LogP contribution in [0.4, 0.5) is 13.2 Å². The molecule has 0 aromatic carbocycles. The van der Waals surface area contributed by atoms with E-state index in [0.717, 1.165) is 22.7 Å². The van der Waals surface area contributed by atoms with Crippen LogP contribution in [0.15, 0.2) is 30.6 Å². The minimum Gasteiger partial charge on any atom is -0.336 e. The van der Waals surface area contributed by atoms with Crippen molar-refractivity contribution < 1.29 is 18.0 Å². The lowest BCUT2D eigenvalue weighted by atomic mass is 9.96. The SMILES string of the molecule is C[C@H]1c2nn(C)c(-c3cc(C(F)(F)F)nn3C)c2CCN1C(=O)c1ccnc2c1ccn2C. The molecule has 33 heavy (non-hydrogen) atoms. The predicted molar refractivity (Wildman–Crippen MR) is 114 cm³/mol. The Kier molecular flexibility index (Phi) is 4.62. The third-order valence-electron chi connectivity index (χ3n) is 6.31. The first-order chi connectivity index (χ1) is 15.6. The zero-order valence-corrected chi connectivity index (χ0v) is 18.6. The normalized spacial score (nSPS) is 16.5. The first kappa shape index (κ1) is 21.2. The molecule has 0 N–H and O–H groups in total. The fourth-order valence-corrected chi connectivity index (χ4v) is 4.68. The second-order valence-electron chi connectivity index (χ2n) is 8.32. The van der Waals surface area contributed by atoms with Gasteiger partial charge in [-0.1, -0.05) is 0 Å². The molecule has 1 atom stereocenters. The number of carbonyl (C=O) groups excluding carboxylic acids is 1. The van der Waals surface area contributed by atoms with Crippen LogP contribution in [-0.2, 0) is 33.7 Å². The summed E-state index contributed by atoms with van der Waals surface area (Å²) in [6.07, 6.45) is -0.571. The molecule has 0 radical (unpaired) electrons. The fourth-order valence-electron chi connectivity index (χ4n) is 4.68. The summed E-state index contributed by atoms with van der Waals surface area (Å²) in [6, 6.07) is 4.28. The zero-order valence-electron chi connectivity index (χ0n) is 18.6. The van der Waals surface area contributed by atoms with Gasteiger partial charge in [0, 0.05) is 51.0 Å². The highest BCUT2D eigenvalue weighted by Gasteiger charge is 2.37. The van der Waals surface area contributed by atoms with Crippen molar-refractivity contribution in [1.29, 1.82) is 0 Å². The first-order valence-electron chi connectivity index (χ1n) is 10.5. The molecular formula is C22H22F3N7O. The lowest BCUT2D eigenvalue weighted by molar-refractivity contribution is -0.141. The molecule has 172 valence electrons. The van der Waals surface area contributed by atoms with Crippen LogP contribution in [0, 0.1) is 0 Å². The summed E-state index contributed by atoms with van der Waals surface area (Å²) in [6.45, 7) is 2.31. The molecule has 4 aromatic rings. The molecule has 4 aromatic heterocycles. The van der Waals surface area contributed by atoms with Gasteiger partial charge in [0.2, 0.25) is 0 Å². The van der Waals surface area contributed by atoms with Crippen LogP contribution in [0.25, 0.3) is 22.4 Å². The van der Waals surface area contributed by atoms with Crippen molar-refractivity contribution >= 4 is 16.9 Å². The summed E-state index contributed by atoms with van der Waals surface area (Å²) < 4.78 is 44.2. The first-order valence-corrected chi connectivity index (χ1v) is 10.5. The molecule has 11 heteroatoms. The number of fused-ring (bicyclic) bond motifs is 2. The van der Waals surface area contributed by atoms with Crippen molar-refractivity contribution in [3.8, 4) is 11.4 Å². The van der Waals surface area contributed by atoms with Gasteiger partial charge in [-0.3, -0.25) is 14.2 Å². The molecule has 1 aliphatic rings. The van der Waals surface area contributed by atoms with Crippen molar-refractivity contribution in [2.75, 3.05) is 6.54 Å². The van der Waals surface area contributed by atoms with Crippen molar-refractivity contribution in [3.63, 3.8) is 0 Å². The van der Waals surface area contributed by atoms with Gasteiger partial charge in [-0.15, -0.1) is 0 Å². The minimum absolute atomic E-state index is 0.126. The molecule has 0 saturated heterocycles. The van der Waals surface area contributed by atoms with Gasteiger partial charge < -0.3 is 9.47 Å². The Morgan fingerprint density at radius 3 is 2.58 bits per heavy atom. The Labute approximate surface area is 187 Å². The maximum Gasteiger partial charge on any atom is 0.435 e. The second kappa shape index (κ2) is 7.19. The maximum absolute atomic E-state index is 13.5. The van der Waals surface area contributed by atoms with Crippen LogP contribution in [-0.4, -0.2) is 46.5 Å². The molecule has 0 saturated carbocycles. The van der Waals surface area contributed by atoms with E-state index in [1.165, 1.54) is 11.7 Å². The van der Waals surface area contributed by atoms with Crippen LogP contribution in [0.5, 0.6) is 0 Å². The Balaban J connectivity index is 1.53. The summed E-state index contributed by atoms with van der Waals surface area (Å²) in [5.74, 6) is -0.126. The lowest BCUT2D eigenvalue weighted by Crippen LogP contribution is -2.39. The molecule has 0 aliphatic carbocycles. The Morgan fingerprint density at radius 2 is 1.88 bits per heavy atom. The number of rotatable bonds is 2. The maximum atomic E-state index is 13.5. The summed E-state index contributed by atoms with van der Waals surface area (Å²) in [5.41, 5.74) is 2.79. The second-order valence-corrected chi connectivity index (χ2v) is 8.32. The molecule has 0 spiro atoms. The van der Waals surface area contributed by atoms with Gasteiger partial charge in [0.15, 0.2) is 5.69 Å². The monoisotopic (exact) mass is 457 g/mol. The van der Waals surface area contributed by atoms with Crippen molar-refractivity contribution in [2.45, 2.75) is 25.6 Å². The van der Waals surface area contributed by atoms with Gasteiger partial charge >= 0.3 is 6.18 Å². The summed E-state index contributed by atoms with van der Waals surface area (Å²) >= 11 is 0. The van der Waals surface area contributed by atoms with E-state index in [2.05, 4.69) is 15.2 Å². The summed E-state index contributed by atoms with van der Waals surface area (Å²) in [7, 11) is 5.06. The van der Waals surface area contributed by atoms with E-state index in [-0.39, 0.29) is 11.9 Å². The predicted octanol–water partition coefficient (Wildman–Crippen LogP) is 3.49. The summed E-state index contributed by atoms with van der Waals surface area (Å²) in [5, 5.41) is 9.01. The summed E-state index contributed by atoms with van der Waals surface area (Å²) in [4.78, 5) is 19.6. The molecule has 5 heterocycles. The number of hydrogen-bond donors (Lipinski definition) is 0. The van der Waals surface area contributed by atoms with E-state index >= 15 is 0 Å². The van der Waals surface area contributed by atoms with Gasteiger partial charge in [-0.2, -0.15) is 23.4 Å². The largest absolute Gasteiger partial charge is 0.435 e. The van der Waals surface area contributed by atoms with Crippen LogP contribution >= 0.6 is 0 Å². The molecule has 5 rings (SSSR count). The smallest absolute Gasteiger partial charge is 0.336 e. The average molecular weight is 457 g/mol. The third kappa shape index (κ3) is 3.21. The number of aromatic nitrogens is 6. The number of hydrogen-bond acceptors (Lipinski definition) is 4. The highest BCUT2D eigenvalue weighted by Crippen LogP contribution is 2.38. The molecule has 0 bridgehead atoms.